The SMILES string of the molecule is Nc1cc(Cl)c(F)c(S(=O)(=O)NC2CCS(=O)(=O)C2)c1. The highest BCUT2D eigenvalue weighted by Gasteiger charge is 2.32. The standard InChI is InChI=1S/C10H12ClFN2O4S2/c11-8-3-6(13)4-9(10(8)12)20(17,18)14-7-1-2-19(15,16)5-7/h3-4,7,14H,1-2,5,13H2. The molecule has 0 bridgehead atoms. The summed E-state index contributed by atoms with van der Waals surface area (Å²) in [6, 6.07) is 1.26. The first-order valence-electron chi connectivity index (χ1n) is 5.58. The summed E-state index contributed by atoms with van der Waals surface area (Å²) in [4.78, 5) is -0.688. The van der Waals surface area contributed by atoms with E-state index >= 15 is 0 Å². The highest BCUT2D eigenvalue weighted by molar-refractivity contribution is 7.92. The van der Waals surface area contributed by atoms with Crippen LogP contribution in [0.5, 0.6) is 0 Å². The Morgan fingerprint density at radius 1 is 1.40 bits per heavy atom. The first kappa shape index (κ1) is 15.5. The molecule has 112 valence electrons. The van der Waals surface area contributed by atoms with Gasteiger partial charge in [0.15, 0.2) is 15.7 Å². The minimum atomic E-state index is -4.22. The van der Waals surface area contributed by atoms with Gasteiger partial charge in [-0.05, 0) is 18.6 Å². The Balaban J connectivity index is 2.32. The third kappa shape index (κ3) is 3.22. The van der Waals surface area contributed by atoms with Crippen molar-refractivity contribution in [1.82, 2.24) is 4.72 Å². The molecule has 1 aliphatic heterocycles. The molecule has 6 nitrogen and oxygen atoms in total. The van der Waals surface area contributed by atoms with Crippen LogP contribution in [0.4, 0.5) is 10.1 Å². The average molecular weight is 343 g/mol. The summed E-state index contributed by atoms with van der Waals surface area (Å²) in [5.74, 6) is -1.52. The van der Waals surface area contributed by atoms with Crippen molar-refractivity contribution < 1.29 is 21.2 Å². The third-order valence-corrected chi connectivity index (χ3v) is 6.42. The van der Waals surface area contributed by atoms with E-state index in [2.05, 4.69) is 4.72 Å². The zero-order chi connectivity index (χ0) is 15.1. The van der Waals surface area contributed by atoms with Gasteiger partial charge in [-0.2, -0.15) is 0 Å². The molecule has 0 amide bonds. The fourth-order valence-corrected chi connectivity index (χ4v) is 5.42. The summed E-state index contributed by atoms with van der Waals surface area (Å²) >= 11 is 5.54. The number of hydrogen-bond acceptors (Lipinski definition) is 5. The van der Waals surface area contributed by atoms with Crippen molar-refractivity contribution in [3.8, 4) is 0 Å². The van der Waals surface area contributed by atoms with E-state index in [0.29, 0.717) is 0 Å². The molecule has 0 saturated carbocycles. The summed E-state index contributed by atoms with van der Waals surface area (Å²) in [6.45, 7) is 0. The van der Waals surface area contributed by atoms with E-state index in [-0.39, 0.29) is 23.6 Å². The van der Waals surface area contributed by atoms with Crippen molar-refractivity contribution in [3.05, 3.63) is 23.0 Å². The molecule has 0 radical (unpaired) electrons. The van der Waals surface area contributed by atoms with Crippen LogP contribution in [0.3, 0.4) is 0 Å². The number of rotatable bonds is 3. The lowest BCUT2D eigenvalue weighted by Gasteiger charge is -2.13. The van der Waals surface area contributed by atoms with E-state index in [1.54, 1.807) is 0 Å². The van der Waals surface area contributed by atoms with Crippen LogP contribution in [0, 0.1) is 5.82 Å². The number of sulfonamides is 1. The molecule has 3 N–H and O–H groups in total. The van der Waals surface area contributed by atoms with E-state index in [1.807, 2.05) is 0 Å². The van der Waals surface area contributed by atoms with Crippen LogP contribution < -0.4 is 10.5 Å². The maximum atomic E-state index is 13.8. The Labute approximate surface area is 121 Å². The van der Waals surface area contributed by atoms with Crippen molar-refractivity contribution in [1.29, 1.82) is 0 Å². The smallest absolute Gasteiger partial charge is 0.243 e. The van der Waals surface area contributed by atoms with Gasteiger partial charge in [-0.1, -0.05) is 11.6 Å². The van der Waals surface area contributed by atoms with Gasteiger partial charge >= 0.3 is 0 Å². The summed E-state index contributed by atoms with van der Waals surface area (Å²) in [6.07, 6.45) is 0.152. The van der Waals surface area contributed by atoms with Gasteiger partial charge in [0.25, 0.3) is 0 Å². The maximum Gasteiger partial charge on any atom is 0.243 e. The monoisotopic (exact) mass is 342 g/mol. The van der Waals surface area contributed by atoms with Gasteiger partial charge in [-0.3, -0.25) is 0 Å². The number of anilines is 1. The molecule has 1 aliphatic rings. The fraction of sp³-hybridized carbons (Fsp3) is 0.400. The Morgan fingerprint density at radius 2 is 2.05 bits per heavy atom. The summed E-state index contributed by atoms with van der Waals surface area (Å²) < 4.78 is 62.6. The van der Waals surface area contributed by atoms with Crippen molar-refractivity contribution >= 4 is 37.1 Å². The summed E-state index contributed by atoms with van der Waals surface area (Å²) in [7, 11) is -7.47. The van der Waals surface area contributed by atoms with E-state index in [0.717, 1.165) is 12.1 Å². The average Bonchev–Trinajstić information content (AvgIpc) is 2.62. The molecule has 10 heteroatoms. The van der Waals surface area contributed by atoms with Crippen LogP contribution in [-0.2, 0) is 19.9 Å². The molecule has 0 aromatic heterocycles. The van der Waals surface area contributed by atoms with Crippen LogP contribution in [0.25, 0.3) is 0 Å². The second-order valence-electron chi connectivity index (χ2n) is 4.54. The van der Waals surface area contributed by atoms with E-state index < -0.39 is 41.6 Å². The maximum absolute atomic E-state index is 13.8. The minimum absolute atomic E-state index is 0.00387. The van der Waals surface area contributed by atoms with Gasteiger partial charge in [-0.15, -0.1) is 0 Å². The predicted octanol–water partition coefficient (Wildman–Crippen LogP) is 0.527. The van der Waals surface area contributed by atoms with Crippen molar-refractivity contribution in [2.24, 2.45) is 0 Å². The van der Waals surface area contributed by atoms with Gasteiger partial charge in [0.1, 0.15) is 4.90 Å². The lowest BCUT2D eigenvalue weighted by Crippen LogP contribution is -2.36. The number of sulfone groups is 1. The molecule has 1 unspecified atom stereocenters. The fourth-order valence-electron chi connectivity index (χ4n) is 1.95. The molecular weight excluding hydrogens is 331 g/mol. The molecule has 0 spiro atoms. The summed E-state index contributed by atoms with van der Waals surface area (Å²) in [5.41, 5.74) is 5.43. The summed E-state index contributed by atoms with van der Waals surface area (Å²) in [5, 5.41) is -0.413. The Bertz CT molecular complexity index is 749. The molecule has 1 aromatic carbocycles. The quantitative estimate of drug-likeness (QED) is 0.779. The number of nitrogens with one attached hydrogen (secondary N) is 1. The van der Waals surface area contributed by atoms with Crippen LogP contribution in [0.2, 0.25) is 5.02 Å². The van der Waals surface area contributed by atoms with Crippen LogP contribution >= 0.6 is 11.6 Å². The van der Waals surface area contributed by atoms with E-state index in [9.17, 15) is 21.2 Å². The molecule has 1 aromatic rings. The largest absolute Gasteiger partial charge is 0.399 e. The van der Waals surface area contributed by atoms with Gasteiger partial charge in [0.05, 0.1) is 16.5 Å². The molecule has 20 heavy (non-hydrogen) atoms. The molecule has 0 aliphatic carbocycles. The highest BCUT2D eigenvalue weighted by atomic mass is 35.5. The minimum Gasteiger partial charge on any atom is -0.399 e. The zero-order valence-electron chi connectivity index (χ0n) is 10.1. The zero-order valence-corrected chi connectivity index (χ0v) is 12.5. The van der Waals surface area contributed by atoms with E-state index in [1.165, 1.54) is 0 Å². The first-order chi connectivity index (χ1) is 9.11. The van der Waals surface area contributed by atoms with Gasteiger partial charge in [0.2, 0.25) is 10.0 Å². The Hall–Kier alpha value is -0.900. The first-order valence-corrected chi connectivity index (χ1v) is 9.26. The number of hydrogen-bond donors (Lipinski definition) is 2. The van der Waals surface area contributed by atoms with Crippen molar-refractivity contribution in [2.75, 3.05) is 17.2 Å². The van der Waals surface area contributed by atoms with Gasteiger partial charge < -0.3 is 5.73 Å². The Morgan fingerprint density at radius 3 is 2.60 bits per heavy atom. The molecule has 1 saturated heterocycles. The highest BCUT2D eigenvalue weighted by Crippen LogP contribution is 2.26. The number of nitrogens with two attached hydrogens (primary N) is 1. The lowest BCUT2D eigenvalue weighted by atomic mass is 10.3. The van der Waals surface area contributed by atoms with E-state index in [4.69, 9.17) is 17.3 Å². The lowest BCUT2D eigenvalue weighted by molar-refractivity contribution is 0.544. The predicted molar refractivity (Wildman–Crippen MR) is 73.2 cm³/mol. The van der Waals surface area contributed by atoms with Crippen LogP contribution in [0.1, 0.15) is 6.42 Å². The molecular formula is C10H12ClFN2O4S2. The molecule has 1 atom stereocenters. The molecule has 1 fully saturated rings. The number of benzene rings is 1. The van der Waals surface area contributed by atoms with Crippen molar-refractivity contribution in [3.63, 3.8) is 0 Å². The van der Waals surface area contributed by atoms with Gasteiger partial charge in [0, 0.05) is 11.7 Å². The second kappa shape index (κ2) is 5.14. The number of nitrogen functional groups attached to an aromatic ring is 1. The molecule has 2 rings (SSSR count). The normalized spacial score (nSPS) is 22.0. The van der Waals surface area contributed by atoms with Crippen molar-refractivity contribution in [2.45, 2.75) is 17.4 Å². The van der Waals surface area contributed by atoms with Gasteiger partial charge in [-0.25, -0.2) is 25.9 Å². The van der Waals surface area contributed by atoms with Crippen LogP contribution in [0.15, 0.2) is 17.0 Å². The topological polar surface area (TPSA) is 106 Å². The molecule has 1 heterocycles. The Kier molecular flexibility index (Phi) is 3.98. The van der Waals surface area contributed by atoms with Crippen LogP contribution in [-0.4, -0.2) is 34.4 Å². The third-order valence-electron chi connectivity index (χ3n) is 2.86. The second-order valence-corrected chi connectivity index (χ2v) is 8.85. The number of halogens is 2.